The van der Waals surface area contributed by atoms with Gasteiger partial charge in [0.15, 0.2) is 5.82 Å². The van der Waals surface area contributed by atoms with Gasteiger partial charge < -0.3 is 15.8 Å². The minimum atomic E-state index is 0.405. The molecule has 0 saturated heterocycles. The highest BCUT2D eigenvalue weighted by Gasteiger charge is 2.12. The first-order valence-corrected chi connectivity index (χ1v) is 11.6. The Morgan fingerprint density at radius 2 is 1.51 bits per heavy atom. The van der Waals surface area contributed by atoms with Crippen molar-refractivity contribution in [2.24, 2.45) is 0 Å². The van der Waals surface area contributed by atoms with E-state index in [0.29, 0.717) is 23.4 Å². The van der Waals surface area contributed by atoms with Crippen LogP contribution in [0.15, 0.2) is 110 Å². The largest absolute Gasteiger partial charge is 0.420 e. The number of hydrogen-bond donors (Lipinski definition) is 2. The molecule has 0 bridgehead atoms. The van der Waals surface area contributed by atoms with Crippen molar-refractivity contribution in [2.45, 2.75) is 0 Å². The minimum absolute atomic E-state index is 0.405. The molecule has 4 heterocycles. The van der Waals surface area contributed by atoms with Gasteiger partial charge in [0.1, 0.15) is 11.5 Å². The summed E-state index contributed by atoms with van der Waals surface area (Å²) in [6, 6.07) is 29.1. The molecule has 8 nitrogen and oxygen atoms in total. The standard InChI is InChI=1S/C29H21N7O/c30-25-17-20(14-16-31-25)22-11-6-15-32-29(22)37-26-13-12-21(18-33-26)34-28-24-10-5-4-9-23(24)27(35-36-28)19-7-2-1-3-8-19/h1-18H,(H2,30,31)(H,34,36). The van der Waals surface area contributed by atoms with Gasteiger partial charge in [-0.15, -0.1) is 10.2 Å². The Bertz CT molecular complexity index is 1690. The second-order valence-corrected chi connectivity index (χ2v) is 8.25. The molecule has 6 rings (SSSR count). The van der Waals surface area contributed by atoms with Crippen molar-refractivity contribution in [1.82, 2.24) is 25.1 Å². The normalized spacial score (nSPS) is 10.8. The molecule has 0 radical (unpaired) electrons. The maximum Gasteiger partial charge on any atom is 0.229 e. The molecule has 6 aromatic rings. The summed E-state index contributed by atoms with van der Waals surface area (Å²) < 4.78 is 6.00. The number of benzene rings is 2. The fourth-order valence-corrected chi connectivity index (χ4v) is 4.06. The van der Waals surface area contributed by atoms with E-state index in [1.807, 2.05) is 78.9 Å². The fraction of sp³-hybridized carbons (Fsp3) is 0. The van der Waals surface area contributed by atoms with Gasteiger partial charge in [0.2, 0.25) is 11.8 Å². The van der Waals surface area contributed by atoms with E-state index in [1.54, 1.807) is 30.7 Å². The number of nitrogens with one attached hydrogen (secondary N) is 1. The molecular formula is C29H21N7O. The van der Waals surface area contributed by atoms with Gasteiger partial charge in [0, 0.05) is 40.4 Å². The summed E-state index contributed by atoms with van der Waals surface area (Å²) in [4.78, 5) is 12.9. The van der Waals surface area contributed by atoms with E-state index in [-0.39, 0.29) is 0 Å². The summed E-state index contributed by atoms with van der Waals surface area (Å²) in [6.45, 7) is 0. The van der Waals surface area contributed by atoms with Crippen LogP contribution in [0.1, 0.15) is 0 Å². The van der Waals surface area contributed by atoms with Crippen LogP contribution < -0.4 is 15.8 Å². The van der Waals surface area contributed by atoms with Gasteiger partial charge in [-0.3, -0.25) is 0 Å². The SMILES string of the molecule is Nc1cc(-c2cccnc2Oc2ccc(Nc3nnc(-c4ccccc4)c4ccccc34)cn2)ccn1. The first kappa shape index (κ1) is 22.1. The molecule has 0 fully saturated rings. The van der Waals surface area contributed by atoms with Gasteiger partial charge >= 0.3 is 0 Å². The lowest BCUT2D eigenvalue weighted by Gasteiger charge is -2.12. The molecule has 0 atom stereocenters. The van der Waals surface area contributed by atoms with E-state index in [1.165, 1.54) is 0 Å². The maximum atomic E-state index is 6.00. The quantitative estimate of drug-likeness (QED) is 0.285. The van der Waals surface area contributed by atoms with Crippen LogP contribution in [0.5, 0.6) is 11.8 Å². The lowest BCUT2D eigenvalue weighted by molar-refractivity contribution is 0.447. The zero-order valence-corrected chi connectivity index (χ0v) is 19.6. The van der Waals surface area contributed by atoms with Crippen molar-refractivity contribution in [3.05, 3.63) is 110 Å². The second-order valence-electron chi connectivity index (χ2n) is 8.25. The third-order valence-electron chi connectivity index (χ3n) is 5.80. The van der Waals surface area contributed by atoms with Gasteiger partial charge in [0.25, 0.3) is 0 Å². The van der Waals surface area contributed by atoms with E-state index in [2.05, 4.69) is 30.5 Å². The molecule has 0 aliphatic heterocycles. The van der Waals surface area contributed by atoms with Crippen LogP contribution >= 0.6 is 0 Å². The molecule has 0 unspecified atom stereocenters. The summed E-state index contributed by atoms with van der Waals surface area (Å²) >= 11 is 0. The van der Waals surface area contributed by atoms with E-state index in [4.69, 9.17) is 10.5 Å². The topological polar surface area (TPSA) is 112 Å². The Hall–Kier alpha value is -5.37. The average Bonchev–Trinajstić information content (AvgIpc) is 2.95. The molecule has 0 aliphatic carbocycles. The Morgan fingerprint density at radius 3 is 2.32 bits per heavy atom. The van der Waals surface area contributed by atoms with Crippen molar-refractivity contribution < 1.29 is 4.74 Å². The summed E-state index contributed by atoms with van der Waals surface area (Å²) in [6.07, 6.45) is 5.01. The number of rotatable bonds is 6. The van der Waals surface area contributed by atoms with Gasteiger partial charge in [-0.25, -0.2) is 15.0 Å². The third kappa shape index (κ3) is 4.63. The third-order valence-corrected chi connectivity index (χ3v) is 5.80. The molecule has 4 aromatic heterocycles. The number of pyridine rings is 3. The molecule has 2 aromatic carbocycles. The number of hydrogen-bond acceptors (Lipinski definition) is 8. The highest BCUT2D eigenvalue weighted by Crippen LogP contribution is 2.33. The second kappa shape index (κ2) is 9.71. The number of ether oxygens (including phenoxy) is 1. The molecule has 0 aliphatic rings. The van der Waals surface area contributed by atoms with Crippen LogP contribution in [0.2, 0.25) is 0 Å². The monoisotopic (exact) mass is 483 g/mol. The first-order valence-electron chi connectivity index (χ1n) is 11.6. The predicted octanol–water partition coefficient (Wildman–Crippen LogP) is 6.27. The van der Waals surface area contributed by atoms with Crippen molar-refractivity contribution in [1.29, 1.82) is 0 Å². The molecule has 0 amide bonds. The number of anilines is 3. The van der Waals surface area contributed by atoms with Crippen LogP contribution in [-0.2, 0) is 0 Å². The summed E-state index contributed by atoms with van der Waals surface area (Å²) in [5.41, 5.74) is 10.1. The lowest BCUT2D eigenvalue weighted by atomic mass is 10.0. The Labute approximate surface area is 212 Å². The highest BCUT2D eigenvalue weighted by molar-refractivity contribution is 6.00. The predicted molar refractivity (Wildman–Crippen MR) is 144 cm³/mol. The average molecular weight is 484 g/mol. The molecule has 178 valence electrons. The van der Waals surface area contributed by atoms with E-state index < -0.39 is 0 Å². The first-order chi connectivity index (χ1) is 18.2. The van der Waals surface area contributed by atoms with Crippen LogP contribution in [0.4, 0.5) is 17.3 Å². The van der Waals surface area contributed by atoms with Crippen molar-refractivity contribution in [3.8, 4) is 34.1 Å². The minimum Gasteiger partial charge on any atom is -0.420 e. The van der Waals surface area contributed by atoms with Gasteiger partial charge in [-0.2, -0.15) is 0 Å². The summed E-state index contributed by atoms with van der Waals surface area (Å²) in [5.74, 6) is 1.90. The van der Waals surface area contributed by atoms with Crippen LogP contribution in [-0.4, -0.2) is 25.1 Å². The van der Waals surface area contributed by atoms with Gasteiger partial charge in [-0.05, 0) is 35.9 Å². The fourth-order valence-electron chi connectivity index (χ4n) is 4.06. The summed E-state index contributed by atoms with van der Waals surface area (Å²) in [5, 5.41) is 14.3. The Kier molecular flexibility index (Phi) is 5.80. The lowest BCUT2D eigenvalue weighted by Crippen LogP contribution is -2.00. The van der Waals surface area contributed by atoms with E-state index in [0.717, 1.165) is 38.8 Å². The van der Waals surface area contributed by atoms with Gasteiger partial charge in [-0.1, -0.05) is 54.6 Å². The van der Waals surface area contributed by atoms with Crippen molar-refractivity contribution in [2.75, 3.05) is 11.1 Å². The number of nitrogens with two attached hydrogens (primary N) is 1. The smallest absolute Gasteiger partial charge is 0.229 e. The molecule has 0 saturated carbocycles. The van der Waals surface area contributed by atoms with Crippen molar-refractivity contribution in [3.63, 3.8) is 0 Å². The molecule has 3 N–H and O–H groups in total. The Morgan fingerprint density at radius 1 is 0.676 bits per heavy atom. The molecule has 0 spiro atoms. The van der Waals surface area contributed by atoms with Crippen LogP contribution in [0.3, 0.4) is 0 Å². The number of aromatic nitrogens is 5. The van der Waals surface area contributed by atoms with Crippen molar-refractivity contribution >= 4 is 28.1 Å². The van der Waals surface area contributed by atoms with E-state index in [9.17, 15) is 0 Å². The van der Waals surface area contributed by atoms with Crippen LogP contribution in [0, 0.1) is 0 Å². The maximum absolute atomic E-state index is 6.00. The number of fused-ring (bicyclic) bond motifs is 1. The van der Waals surface area contributed by atoms with Gasteiger partial charge in [0.05, 0.1) is 11.9 Å². The molecule has 37 heavy (non-hydrogen) atoms. The van der Waals surface area contributed by atoms with Crippen LogP contribution in [0.25, 0.3) is 33.2 Å². The molecule has 8 heteroatoms. The number of nitrogen functional groups attached to an aromatic ring is 1. The Balaban J connectivity index is 1.26. The highest BCUT2D eigenvalue weighted by atomic mass is 16.5. The van der Waals surface area contributed by atoms with E-state index >= 15 is 0 Å². The molecular weight excluding hydrogens is 462 g/mol. The summed E-state index contributed by atoms with van der Waals surface area (Å²) in [7, 11) is 0. The zero-order chi connectivity index (χ0) is 25.0. The zero-order valence-electron chi connectivity index (χ0n) is 19.6. The number of nitrogens with zero attached hydrogens (tertiary/aromatic N) is 5.